The molecule has 0 aliphatic carbocycles. The maximum Gasteiger partial charge on any atom is 0.0463 e. The van der Waals surface area contributed by atoms with E-state index in [0.29, 0.717) is 0 Å². The Balaban J connectivity index is 4.75. The zero-order chi connectivity index (χ0) is 9.56. The summed E-state index contributed by atoms with van der Waals surface area (Å²) in [6.45, 7) is 6.11. The minimum atomic E-state index is 0.857. The van der Waals surface area contributed by atoms with Crippen molar-refractivity contribution in [3.8, 4) is 0 Å². The fourth-order valence-corrected chi connectivity index (χ4v) is 1.61. The Morgan fingerprint density at radius 3 is 2.42 bits per heavy atom. The monoisotopic (exact) mass is 248 g/mol. The first-order valence-corrected chi connectivity index (χ1v) is 5.25. The number of halogens is 2. The lowest BCUT2D eigenvalue weighted by Gasteiger charge is -2.03. The molecule has 0 aliphatic rings. The Morgan fingerprint density at radius 2 is 2.08 bits per heavy atom. The third kappa shape index (κ3) is 3.59. The summed E-state index contributed by atoms with van der Waals surface area (Å²) in [5, 5.41) is 0.857. The predicted octanol–water partition coefficient (Wildman–Crippen LogP) is 4.76. The first-order valence-electron chi connectivity index (χ1n) is 3.96. The van der Waals surface area contributed by atoms with E-state index in [1.165, 1.54) is 5.57 Å². The summed E-state index contributed by atoms with van der Waals surface area (Å²) in [6.07, 6.45) is 4.97. The highest BCUT2D eigenvalue weighted by Crippen LogP contribution is 2.22. The van der Waals surface area contributed by atoms with Gasteiger partial charge in [-0.05, 0) is 36.4 Å². The van der Waals surface area contributed by atoms with Crippen molar-refractivity contribution in [2.24, 2.45) is 0 Å². The van der Waals surface area contributed by atoms with Gasteiger partial charge in [-0.1, -0.05) is 46.6 Å². The Morgan fingerprint density at radius 1 is 1.50 bits per heavy atom. The van der Waals surface area contributed by atoms with E-state index < -0.39 is 0 Å². The number of hydrogen-bond donors (Lipinski definition) is 0. The molecule has 0 aliphatic heterocycles. The molecule has 0 radical (unpaired) electrons. The second-order valence-electron chi connectivity index (χ2n) is 2.46. The summed E-state index contributed by atoms with van der Waals surface area (Å²) >= 11 is 9.33. The molecule has 0 fully saturated rings. The van der Waals surface area contributed by atoms with Crippen LogP contribution < -0.4 is 0 Å². The SMILES string of the molecule is C\C=C(CC)/C(Cl)=C(C)\C=C\Br. The molecule has 0 amide bonds. The Bertz CT molecular complexity index is 224. The Labute approximate surface area is 88.1 Å². The predicted molar refractivity (Wildman–Crippen MR) is 60.7 cm³/mol. The van der Waals surface area contributed by atoms with E-state index in [2.05, 4.69) is 22.9 Å². The third-order valence-electron chi connectivity index (χ3n) is 1.67. The summed E-state index contributed by atoms with van der Waals surface area (Å²) in [4.78, 5) is 1.81. The molecule has 0 unspecified atom stereocenters. The molecule has 0 bridgehead atoms. The number of rotatable bonds is 3. The molecular weight excluding hydrogens is 235 g/mol. The van der Waals surface area contributed by atoms with Crippen LogP contribution in [0, 0.1) is 0 Å². The van der Waals surface area contributed by atoms with Gasteiger partial charge in [-0.3, -0.25) is 0 Å². The molecule has 0 aromatic heterocycles. The molecule has 0 aromatic carbocycles. The Hall–Kier alpha value is -0.0100. The van der Waals surface area contributed by atoms with Gasteiger partial charge in [-0.25, -0.2) is 0 Å². The van der Waals surface area contributed by atoms with E-state index >= 15 is 0 Å². The van der Waals surface area contributed by atoms with E-state index in [4.69, 9.17) is 11.6 Å². The van der Waals surface area contributed by atoms with Gasteiger partial charge >= 0.3 is 0 Å². The van der Waals surface area contributed by atoms with Crippen molar-refractivity contribution in [3.63, 3.8) is 0 Å². The summed E-state index contributed by atoms with van der Waals surface area (Å²) < 4.78 is 0. The average molecular weight is 250 g/mol. The summed E-state index contributed by atoms with van der Waals surface area (Å²) in [7, 11) is 0. The van der Waals surface area contributed by atoms with Crippen molar-refractivity contribution in [1.82, 2.24) is 0 Å². The molecule has 0 nitrogen and oxygen atoms in total. The van der Waals surface area contributed by atoms with Crippen molar-refractivity contribution in [2.45, 2.75) is 27.2 Å². The van der Waals surface area contributed by atoms with Crippen LogP contribution in [0.2, 0.25) is 0 Å². The zero-order valence-electron chi connectivity index (χ0n) is 7.70. The molecule has 12 heavy (non-hydrogen) atoms. The number of allylic oxidation sites excluding steroid dienone is 5. The van der Waals surface area contributed by atoms with Crippen LogP contribution in [0.5, 0.6) is 0 Å². The fourth-order valence-electron chi connectivity index (χ4n) is 0.907. The van der Waals surface area contributed by atoms with E-state index in [1.54, 1.807) is 0 Å². The molecule has 0 aromatic rings. The van der Waals surface area contributed by atoms with Crippen LogP contribution in [0.4, 0.5) is 0 Å². The lowest BCUT2D eigenvalue weighted by Crippen LogP contribution is -1.83. The molecule has 0 saturated carbocycles. The first-order chi connectivity index (χ1) is 5.67. The lowest BCUT2D eigenvalue weighted by atomic mass is 10.1. The second-order valence-corrected chi connectivity index (χ2v) is 3.36. The van der Waals surface area contributed by atoms with Crippen LogP contribution in [0.15, 0.2) is 33.3 Å². The Kier molecular flexibility index (Phi) is 6.49. The van der Waals surface area contributed by atoms with Crippen LogP contribution in [0.25, 0.3) is 0 Å². The molecule has 0 saturated heterocycles. The van der Waals surface area contributed by atoms with E-state index in [1.807, 2.05) is 31.0 Å². The van der Waals surface area contributed by atoms with E-state index in [9.17, 15) is 0 Å². The highest BCUT2D eigenvalue weighted by atomic mass is 79.9. The maximum atomic E-state index is 6.12. The van der Waals surface area contributed by atoms with Gasteiger partial charge in [0.2, 0.25) is 0 Å². The van der Waals surface area contributed by atoms with Crippen LogP contribution in [-0.4, -0.2) is 0 Å². The largest absolute Gasteiger partial charge is 0.0838 e. The second kappa shape index (κ2) is 6.50. The lowest BCUT2D eigenvalue weighted by molar-refractivity contribution is 1.12. The van der Waals surface area contributed by atoms with Crippen molar-refractivity contribution < 1.29 is 0 Å². The minimum absolute atomic E-state index is 0.857. The first kappa shape index (κ1) is 12.0. The molecular formula is C10H14BrCl. The molecule has 0 spiro atoms. The molecule has 0 rings (SSSR count). The molecule has 0 N–H and O–H groups in total. The highest BCUT2D eigenvalue weighted by Gasteiger charge is 2.00. The van der Waals surface area contributed by atoms with Crippen LogP contribution >= 0.6 is 27.5 Å². The van der Waals surface area contributed by atoms with Crippen molar-refractivity contribution in [3.05, 3.63) is 33.3 Å². The van der Waals surface area contributed by atoms with Crippen LogP contribution in [0.3, 0.4) is 0 Å². The van der Waals surface area contributed by atoms with Crippen molar-refractivity contribution >= 4 is 27.5 Å². The van der Waals surface area contributed by atoms with Gasteiger partial charge in [0.15, 0.2) is 0 Å². The molecule has 68 valence electrons. The fraction of sp³-hybridized carbons (Fsp3) is 0.400. The number of hydrogen-bond acceptors (Lipinski definition) is 0. The molecule has 0 heterocycles. The smallest absolute Gasteiger partial charge is 0.0463 e. The summed E-state index contributed by atoms with van der Waals surface area (Å²) in [5.41, 5.74) is 2.28. The highest BCUT2D eigenvalue weighted by molar-refractivity contribution is 9.11. The third-order valence-corrected chi connectivity index (χ3v) is 2.48. The topological polar surface area (TPSA) is 0 Å². The van der Waals surface area contributed by atoms with Gasteiger partial charge in [0.25, 0.3) is 0 Å². The van der Waals surface area contributed by atoms with Gasteiger partial charge in [0.05, 0.1) is 0 Å². The summed E-state index contributed by atoms with van der Waals surface area (Å²) in [5.74, 6) is 0. The van der Waals surface area contributed by atoms with Crippen LogP contribution in [0.1, 0.15) is 27.2 Å². The quantitative estimate of drug-likeness (QED) is 0.632. The van der Waals surface area contributed by atoms with Crippen molar-refractivity contribution in [2.75, 3.05) is 0 Å². The van der Waals surface area contributed by atoms with E-state index in [-0.39, 0.29) is 0 Å². The standard InChI is InChI=1S/C10H14BrCl/c1-4-9(5-2)10(12)8(3)6-7-11/h4,6-7H,5H2,1-3H3/b7-6+,9-4-,10-8+. The minimum Gasteiger partial charge on any atom is -0.0838 e. The summed E-state index contributed by atoms with van der Waals surface area (Å²) in [6, 6.07) is 0. The van der Waals surface area contributed by atoms with Gasteiger partial charge in [-0.15, -0.1) is 0 Å². The van der Waals surface area contributed by atoms with Gasteiger partial charge < -0.3 is 0 Å². The van der Waals surface area contributed by atoms with E-state index in [0.717, 1.165) is 17.0 Å². The normalized spacial score (nSPS) is 15.2. The van der Waals surface area contributed by atoms with Gasteiger partial charge in [-0.2, -0.15) is 0 Å². The van der Waals surface area contributed by atoms with Crippen molar-refractivity contribution in [1.29, 1.82) is 0 Å². The average Bonchev–Trinajstić information content (AvgIpc) is 2.07. The van der Waals surface area contributed by atoms with Gasteiger partial charge in [0.1, 0.15) is 0 Å². The van der Waals surface area contributed by atoms with Crippen LogP contribution in [-0.2, 0) is 0 Å². The zero-order valence-corrected chi connectivity index (χ0v) is 10.0. The maximum absolute atomic E-state index is 6.12. The molecule has 0 atom stereocenters. The van der Waals surface area contributed by atoms with Gasteiger partial charge in [0, 0.05) is 5.03 Å². The molecule has 2 heteroatoms.